The molecule has 0 aromatic carbocycles. The van der Waals surface area contributed by atoms with Gasteiger partial charge in [0.05, 0.1) is 13.2 Å². The van der Waals surface area contributed by atoms with Crippen molar-refractivity contribution in [3.8, 4) is 0 Å². The highest BCUT2D eigenvalue weighted by Crippen LogP contribution is 2.35. The smallest absolute Gasteiger partial charge is 0.240 e. The standard InChI is InChI=1S/C20H31N5O2/c26-18(20(7-2-1-3-8-20)25-12-14-27-15-13-25)23-17-6-4-11-24(16-17)19-21-9-5-10-22-19/h5,9-10,17H,1-4,6-8,11-16H2,(H,23,26)/t17-/m1/s1. The zero-order valence-corrected chi connectivity index (χ0v) is 16.1. The van der Waals surface area contributed by atoms with E-state index in [0.717, 1.165) is 83.9 Å². The highest BCUT2D eigenvalue weighted by molar-refractivity contribution is 5.86. The Balaban J connectivity index is 1.44. The second kappa shape index (κ2) is 8.52. The van der Waals surface area contributed by atoms with E-state index in [1.165, 1.54) is 6.42 Å². The Hall–Kier alpha value is -1.73. The molecule has 7 nitrogen and oxygen atoms in total. The molecule has 148 valence electrons. The number of amides is 1. The SMILES string of the molecule is O=C(N[C@@H]1CCCN(c2ncccn2)C1)C1(N2CCOCC2)CCCCC1. The number of carbonyl (C=O) groups excluding carboxylic acids is 1. The number of carbonyl (C=O) groups is 1. The largest absolute Gasteiger partial charge is 0.379 e. The van der Waals surface area contributed by atoms with Gasteiger partial charge in [-0.2, -0.15) is 0 Å². The van der Waals surface area contributed by atoms with Crippen LogP contribution in [0.15, 0.2) is 18.5 Å². The van der Waals surface area contributed by atoms with Crippen molar-refractivity contribution in [2.75, 3.05) is 44.3 Å². The summed E-state index contributed by atoms with van der Waals surface area (Å²) in [7, 11) is 0. The predicted molar refractivity (Wildman–Crippen MR) is 104 cm³/mol. The molecule has 1 saturated carbocycles. The first-order valence-corrected chi connectivity index (χ1v) is 10.4. The molecule has 1 atom stereocenters. The number of piperidine rings is 1. The van der Waals surface area contributed by atoms with Crippen molar-refractivity contribution in [1.29, 1.82) is 0 Å². The quantitative estimate of drug-likeness (QED) is 0.864. The molecule has 1 aromatic rings. The van der Waals surface area contributed by atoms with Crippen molar-refractivity contribution >= 4 is 11.9 Å². The lowest BCUT2D eigenvalue weighted by Crippen LogP contribution is -2.64. The zero-order chi connectivity index (χ0) is 18.5. The van der Waals surface area contributed by atoms with Gasteiger partial charge in [-0.1, -0.05) is 19.3 Å². The maximum absolute atomic E-state index is 13.5. The van der Waals surface area contributed by atoms with Gasteiger partial charge in [-0.05, 0) is 31.7 Å². The summed E-state index contributed by atoms with van der Waals surface area (Å²) in [6.07, 6.45) is 11.1. The van der Waals surface area contributed by atoms with Crippen LogP contribution in [0.4, 0.5) is 5.95 Å². The van der Waals surface area contributed by atoms with Crippen LogP contribution < -0.4 is 10.2 Å². The Morgan fingerprint density at radius 3 is 2.56 bits per heavy atom. The third-order valence-electron chi connectivity index (χ3n) is 6.31. The Morgan fingerprint density at radius 2 is 1.81 bits per heavy atom. The molecule has 2 aliphatic heterocycles. The van der Waals surface area contributed by atoms with Gasteiger partial charge in [0, 0.05) is 44.6 Å². The molecule has 7 heteroatoms. The van der Waals surface area contributed by atoms with Crippen LogP contribution in [0.1, 0.15) is 44.9 Å². The fourth-order valence-corrected chi connectivity index (χ4v) is 4.87. The number of anilines is 1. The van der Waals surface area contributed by atoms with E-state index in [4.69, 9.17) is 4.74 Å². The maximum Gasteiger partial charge on any atom is 0.240 e. The lowest BCUT2D eigenvalue weighted by Gasteiger charge is -2.47. The van der Waals surface area contributed by atoms with Gasteiger partial charge in [0.15, 0.2) is 0 Å². The monoisotopic (exact) mass is 373 g/mol. The molecule has 1 aliphatic carbocycles. The average Bonchev–Trinajstić information content (AvgIpc) is 2.75. The summed E-state index contributed by atoms with van der Waals surface area (Å²) in [4.78, 5) is 26.8. The number of nitrogens with zero attached hydrogens (tertiary/aromatic N) is 4. The van der Waals surface area contributed by atoms with Crippen LogP contribution in [-0.4, -0.2) is 71.7 Å². The van der Waals surface area contributed by atoms with Crippen molar-refractivity contribution in [2.45, 2.75) is 56.5 Å². The summed E-state index contributed by atoms with van der Waals surface area (Å²) in [6.45, 7) is 4.93. The zero-order valence-electron chi connectivity index (χ0n) is 16.1. The van der Waals surface area contributed by atoms with Crippen molar-refractivity contribution < 1.29 is 9.53 Å². The first-order valence-electron chi connectivity index (χ1n) is 10.4. The van der Waals surface area contributed by atoms with E-state index in [-0.39, 0.29) is 17.5 Å². The van der Waals surface area contributed by atoms with Gasteiger partial charge in [-0.3, -0.25) is 9.69 Å². The third-order valence-corrected chi connectivity index (χ3v) is 6.31. The van der Waals surface area contributed by atoms with Gasteiger partial charge in [-0.15, -0.1) is 0 Å². The van der Waals surface area contributed by atoms with Gasteiger partial charge in [-0.25, -0.2) is 9.97 Å². The molecule has 3 heterocycles. The Kier molecular flexibility index (Phi) is 5.88. The second-order valence-electron chi connectivity index (χ2n) is 8.00. The predicted octanol–water partition coefficient (Wildman–Crippen LogP) is 1.60. The van der Waals surface area contributed by atoms with Crippen LogP contribution in [0.5, 0.6) is 0 Å². The number of nitrogens with one attached hydrogen (secondary N) is 1. The van der Waals surface area contributed by atoms with E-state index in [2.05, 4.69) is 25.1 Å². The molecule has 27 heavy (non-hydrogen) atoms. The van der Waals surface area contributed by atoms with Crippen molar-refractivity contribution in [3.63, 3.8) is 0 Å². The molecular weight excluding hydrogens is 342 g/mol. The van der Waals surface area contributed by atoms with Crippen molar-refractivity contribution in [1.82, 2.24) is 20.2 Å². The topological polar surface area (TPSA) is 70.6 Å². The Bertz CT molecular complexity index is 614. The minimum atomic E-state index is -0.340. The molecule has 1 amide bonds. The molecular formula is C20H31N5O2. The van der Waals surface area contributed by atoms with E-state index in [1.54, 1.807) is 12.4 Å². The Morgan fingerprint density at radius 1 is 1.07 bits per heavy atom. The van der Waals surface area contributed by atoms with Gasteiger partial charge in [0.2, 0.25) is 11.9 Å². The Labute approximate surface area is 161 Å². The molecule has 0 radical (unpaired) electrons. The van der Waals surface area contributed by atoms with Crippen LogP contribution >= 0.6 is 0 Å². The number of aromatic nitrogens is 2. The van der Waals surface area contributed by atoms with E-state index in [9.17, 15) is 4.79 Å². The first-order chi connectivity index (χ1) is 13.3. The number of morpholine rings is 1. The van der Waals surface area contributed by atoms with Crippen molar-refractivity contribution in [2.24, 2.45) is 0 Å². The normalized spacial score (nSPS) is 26.5. The van der Waals surface area contributed by atoms with E-state index in [0.29, 0.717) is 0 Å². The molecule has 1 N–H and O–H groups in total. The van der Waals surface area contributed by atoms with Crippen LogP contribution in [0, 0.1) is 0 Å². The minimum absolute atomic E-state index is 0.162. The van der Waals surface area contributed by atoms with Gasteiger partial charge >= 0.3 is 0 Å². The molecule has 3 aliphatic rings. The fourth-order valence-electron chi connectivity index (χ4n) is 4.87. The van der Waals surface area contributed by atoms with Gasteiger partial charge in [0.25, 0.3) is 0 Å². The summed E-state index contributed by atoms with van der Waals surface area (Å²) in [5.41, 5.74) is -0.340. The number of hydrogen-bond donors (Lipinski definition) is 1. The van der Waals surface area contributed by atoms with Gasteiger partial charge < -0.3 is 15.0 Å². The molecule has 3 fully saturated rings. The molecule has 1 aromatic heterocycles. The maximum atomic E-state index is 13.5. The molecule has 0 bridgehead atoms. The summed E-state index contributed by atoms with van der Waals surface area (Å²) in [6, 6.07) is 2.00. The van der Waals surface area contributed by atoms with Crippen LogP contribution in [0.2, 0.25) is 0 Å². The average molecular weight is 374 g/mol. The summed E-state index contributed by atoms with van der Waals surface area (Å²) < 4.78 is 5.53. The molecule has 0 spiro atoms. The first kappa shape index (κ1) is 18.6. The lowest BCUT2D eigenvalue weighted by atomic mass is 9.79. The van der Waals surface area contributed by atoms with E-state index < -0.39 is 0 Å². The van der Waals surface area contributed by atoms with Crippen LogP contribution in [0.25, 0.3) is 0 Å². The number of ether oxygens (including phenoxy) is 1. The summed E-state index contributed by atoms with van der Waals surface area (Å²) >= 11 is 0. The second-order valence-corrected chi connectivity index (χ2v) is 8.00. The summed E-state index contributed by atoms with van der Waals surface area (Å²) in [5, 5.41) is 3.41. The van der Waals surface area contributed by atoms with E-state index >= 15 is 0 Å². The molecule has 2 saturated heterocycles. The van der Waals surface area contributed by atoms with Crippen LogP contribution in [0.3, 0.4) is 0 Å². The number of rotatable bonds is 4. The highest BCUT2D eigenvalue weighted by atomic mass is 16.5. The summed E-state index contributed by atoms with van der Waals surface area (Å²) in [5.74, 6) is 0.988. The van der Waals surface area contributed by atoms with Gasteiger partial charge in [0.1, 0.15) is 5.54 Å². The molecule has 0 unspecified atom stereocenters. The number of hydrogen-bond acceptors (Lipinski definition) is 6. The van der Waals surface area contributed by atoms with E-state index in [1.807, 2.05) is 6.07 Å². The third kappa shape index (κ3) is 4.09. The highest BCUT2D eigenvalue weighted by Gasteiger charge is 2.45. The molecule has 4 rings (SSSR count). The van der Waals surface area contributed by atoms with Crippen molar-refractivity contribution in [3.05, 3.63) is 18.5 Å². The fraction of sp³-hybridized carbons (Fsp3) is 0.750. The lowest BCUT2D eigenvalue weighted by molar-refractivity contribution is -0.141. The van der Waals surface area contributed by atoms with Crippen LogP contribution in [-0.2, 0) is 9.53 Å². The minimum Gasteiger partial charge on any atom is -0.379 e.